The highest BCUT2D eigenvalue weighted by Crippen LogP contribution is 2.28. The molecule has 0 spiro atoms. The molecule has 0 radical (unpaired) electrons. The van der Waals surface area contributed by atoms with Crippen LogP contribution in [0.4, 0.5) is 10.5 Å². The number of ether oxygens (including phenoxy) is 1. The highest BCUT2D eigenvalue weighted by Gasteiger charge is 2.43. The van der Waals surface area contributed by atoms with E-state index in [1.807, 2.05) is 13.0 Å². The van der Waals surface area contributed by atoms with Crippen LogP contribution in [0.15, 0.2) is 23.0 Å². The largest absolute Gasteiger partial charge is 0.439 e. The van der Waals surface area contributed by atoms with Gasteiger partial charge in [-0.25, -0.2) is 9.59 Å². The zero-order valence-electron chi connectivity index (χ0n) is 13.0. The van der Waals surface area contributed by atoms with Crippen LogP contribution in [-0.2, 0) is 18.3 Å². The fraction of sp³-hybridized carbons (Fsp3) is 0.467. The number of nitrogens with zero attached hydrogens (tertiary/aromatic N) is 3. The molecule has 3 rings (SSSR count). The number of benzene rings is 1. The first-order valence-electron chi connectivity index (χ1n) is 7.26. The summed E-state index contributed by atoms with van der Waals surface area (Å²) < 4.78 is 8.77. The van der Waals surface area contributed by atoms with E-state index in [4.69, 9.17) is 10.5 Å². The van der Waals surface area contributed by atoms with Gasteiger partial charge in [0.15, 0.2) is 0 Å². The van der Waals surface area contributed by atoms with Crippen molar-refractivity contribution in [3.05, 3.63) is 28.7 Å². The smallest absolute Gasteiger partial charge is 0.410 e. The highest BCUT2D eigenvalue weighted by molar-refractivity contribution is 5.79. The summed E-state index contributed by atoms with van der Waals surface area (Å²) in [5.41, 5.74) is 7.19. The molecule has 2 heterocycles. The van der Waals surface area contributed by atoms with Crippen LogP contribution in [0.2, 0.25) is 0 Å². The third-order valence-electron chi connectivity index (χ3n) is 4.40. The van der Waals surface area contributed by atoms with Gasteiger partial charge in [-0.2, -0.15) is 0 Å². The standard InChI is InChI=1S/C15H20N4O3/c1-4-15(8-17(2)14(21)22-15)9-19-12-7-10(16)5-6-11(12)18(3)13(19)20/h5-7H,4,8-9,16H2,1-3H3. The number of hydrogen-bond acceptors (Lipinski definition) is 4. The van der Waals surface area contributed by atoms with Gasteiger partial charge in [-0.3, -0.25) is 9.13 Å². The molecule has 1 aromatic carbocycles. The molecule has 1 aromatic heterocycles. The van der Waals surface area contributed by atoms with E-state index in [-0.39, 0.29) is 11.8 Å². The fourth-order valence-corrected chi connectivity index (χ4v) is 3.04. The van der Waals surface area contributed by atoms with Crippen LogP contribution >= 0.6 is 0 Å². The molecule has 7 nitrogen and oxygen atoms in total. The number of carbonyl (C=O) groups is 1. The van der Waals surface area contributed by atoms with E-state index < -0.39 is 5.60 Å². The van der Waals surface area contributed by atoms with Crippen LogP contribution in [0.1, 0.15) is 13.3 Å². The Morgan fingerprint density at radius 3 is 2.59 bits per heavy atom. The number of nitrogen functional groups attached to an aromatic ring is 1. The zero-order valence-corrected chi connectivity index (χ0v) is 13.0. The van der Waals surface area contributed by atoms with Gasteiger partial charge in [0, 0.05) is 19.8 Å². The lowest BCUT2D eigenvalue weighted by atomic mass is 10.0. The quantitative estimate of drug-likeness (QED) is 0.862. The topological polar surface area (TPSA) is 82.5 Å². The molecular formula is C15H20N4O3. The number of rotatable bonds is 3. The summed E-state index contributed by atoms with van der Waals surface area (Å²) in [6, 6.07) is 5.37. The Morgan fingerprint density at radius 2 is 2.00 bits per heavy atom. The Labute approximate surface area is 127 Å². The average molecular weight is 304 g/mol. The van der Waals surface area contributed by atoms with E-state index in [0.717, 1.165) is 11.0 Å². The van der Waals surface area contributed by atoms with Gasteiger partial charge in [0.2, 0.25) is 0 Å². The van der Waals surface area contributed by atoms with Crippen molar-refractivity contribution in [3.8, 4) is 0 Å². The number of imidazole rings is 1. The number of amides is 1. The van der Waals surface area contributed by atoms with Gasteiger partial charge in [0.1, 0.15) is 5.60 Å². The Kier molecular flexibility index (Phi) is 3.16. The molecule has 2 aromatic rings. The molecule has 2 N–H and O–H groups in total. The van der Waals surface area contributed by atoms with Crippen LogP contribution in [0, 0.1) is 0 Å². The van der Waals surface area contributed by atoms with Gasteiger partial charge in [-0.15, -0.1) is 0 Å². The first kappa shape index (κ1) is 14.5. The Balaban J connectivity index is 2.11. The number of likely N-dealkylation sites (N-methyl/N-ethyl adjacent to an activating group) is 1. The number of aryl methyl sites for hydroxylation is 1. The Hall–Kier alpha value is -2.44. The minimum atomic E-state index is -0.686. The monoisotopic (exact) mass is 304 g/mol. The van der Waals surface area contributed by atoms with E-state index in [9.17, 15) is 9.59 Å². The Bertz CT molecular complexity index is 807. The number of anilines is 1. The second-order valence-electron chi connectivity index (χ2n) is 5.94. The van der Waals surface area contributed by atoms with Crippen molar-refractivity contribution in [3.63, 3.8) is 0 Å². The van der Waals surface area contributed by atoms with Gasteiger partial charge in [0.05, 0.1) is 24.1 Å². The second-order valence-corrected chi connectivity index (χ2v) is 5.94. The molecule has 0 aliphatic carbocycles. The summed E-state index contributed by atoms with van der Waals surface area (Å²) in [4.78, 5) is 25.8. The van der Waals surface area contributed by atoms with Gasteiger partial charge in [-0.1, -0.05) is 6.92 Å². The maximum Gasteiger partial charge on any atom is 0.410 e. The maximum absolute atomic E-state index is 12.5. The van der Waals surface area contributed by atoms with Crippen molar-refractivity contribution in [1.29, 1.82) is 0 Å². The summed E-state index contributed by atoms with van der Waals surface area (Å²) in [7, 11) is 3.42. The number of fused-ring (bicyclic) bond motifs is 1. The molecule has 22 heavy (non-hydrogen) atoms. The normalized spacial score (nSPS) is 21.6. The lowest BCUT2D eigenvalue weighted by Gasteiger charge is -2.25. The van der Waals surface area contributed by atoms with Crippen LogP contribution in [-0.4, -0.2) is 39.3 Å². The molecule has 1 fully saturated rings. The van der Waals surface area contributed by atoms with Crippen molar-refractivity contribution >= 4 is 22.8 Å². The first-order valence-corrected chi connectivity index (χ1v) is 7.26. The molecule has 7 heteroatoms. The van der Waals surface area contributed by atoms with Gasteiger partial charge in [0.25, 0.3) is 0 Å². The number of aromatic nitrogens is 2. The van der Waals surface area contributed by atoms with Gasteiger partial charge >= 0.3 is 11.8 Å². The number of carbonyl (C=O) groups excluding carboxylic acids is 1. The van der Waals surface area contributed by atoms with Gasteiger partial charge in [-0.05, 0) is 24.6 Å². The van der Waals surface area contributed by atoms with E-state index in [1.165, 1.54) is 4.90 Å². The number of nitrogens with two attached hydrogens (primary N) is 1. The SMILES string of the molecule is CCC1(Cn2c(=O)n(C)c3ccc(N)cc32)CN(C)C(=O)O1. The third kappa shape index (κ3) is 2.04. The van der Waals surface area contributed by atoms with Crippen molar-refractivity contribution < 1.29 is 9.53 Å². The van der Waals surface area contributed by atoms with E-state index in [2.05, 4.69) is 0 Å². The van der Waals surface area contributed by atoms with Crippen molar-refractivity contribution in [2.45, 2.75) is 25.5 Å². The lowest BCUT2D eigenvalue weighted by Crippen LogP contribution is -2.41. The molecule has 1 unspecified atom stereocenters. The van der Waals surface area contributed by atoms with E-state index >= 15 is 0 Å². The lowest BCUT2D eigenvalue weighted by molar-refractivity contribution is 0.0391. The molecule has 1 saturated heterocycles. The van der Waals surface area contributed by atoms with Crippen LogP contribution in [0.3, 0.4) is 0 Å². The molecule has 118 valence electrons. The molecule has 1 aliphatic heterocycles. The van der Waals surface area contributed by atoms with Crippen LogP contribution in [0.25, 0.3) is 11.0 Å². The molecule has 0 bridgehead atoms. The predicted molar refractivity (Wildman–Crippen MR) is 83.7 cm³/mol. The van der Waals surface area contributed by atoms with Crippen LogP contribution < -0.4 is 11.4 Å². The number of hydrogen-bond donors (Lipinski definition) is 1. The average Bonchev–Trinajstić information content (AvgIpc) is 2.89. The highest BCUT2D eigenvalue weighted by atomic mass is 16.6. The van der Waals surface area contributed by atoms with Crippen molar-refractivity contribution in [1.82, 2.24) is 14.0 Å². The maximum atomic E-state index is 12.5. The molecule has 1 atom stereocenters. The second kappa shape index (κ2) is 4.79. The summed E-state index contributed by atoms with van der Waals surface area (Å²) in [5, 5.41) is 0. The third-order valence-corrected chi connectivity index (χ3v) is 4.40. The van der Waals surface area contributed by atoms with E-state index in [0.29, 0.717) is 25.2 Å². The van der Waals surface area contributed by atoms with Crippen molar-refractivity contribution in [2.24, 2.45) is 7.05 Å². The van der Waals surface area contributed by atoms with Crippen molar-refractivity contribution in [2.75, 3.05) is 19.3 Å². The minimum Gasteiger partial charge on any atom is -0.439 e. The van der Waals surface area contributed by atoms with Gasteiger partial charge < -0.3 is 15.4 Å². The molecule has 0 saturated carbocycles. The Morgan fingerprint density at radius 1 is 1.27 bits per heavy atom. The summed E-state index contributed by atoms with van der Waals surface area (Å²) in [6.45, 7) is 2.74. The summed E-state index contributed by atoms with van der Waals surface area (Å²) >= 11 is 0. The zero-order chi connectivity index (χ0) is 16.1. The molecule has 1 aliphatic rings. The number of cyclic esters (lactones) is 1. The van der Waals surface area contributed by atoms with Crippen LogP contribution in [0.5, 0.6) is 0 Å². The fourth-order valence-electron chi connectivity index (χ4n) is 3.04. The summed E-state index contributed by atoms with van der Waals surface area (Å²) in [6.07, 6.45) is 0.281. The predicted octanol–water partition coefficient (Wildman–Crippen LogP) is 1.15. The molecular weight excluding hydrogens is 284 g/mol. The van der Waals surface area contributed by atoms with E-state index in [1.54, 1.807) is 35.4 Å². The first-order chi connectivity index (χ1) is 10.4. The summed E-state index contributed by atoms with van der Waals surface area (Å²) in [5.74, 6) is 0. The molecule has 1 amide bonds. The minimum absolute atomic E-state index is 0.140.